The molecular formula is C20H40F3NO7. The average Bonchev–Trinajstić information content (AvgIpc) is 2.74. The maximum Gasteiger partial charge on any atom is 0.352 e. The van der Waals surface area contributed by atoms with Gasteiger partial charge in [0.05, 0.1) is 26.4 Å². The minimum Gasteiger partial charge on any atom is -0.481 e. The number of rotatable bonds is 14. The predicted octanol–water partition coefficient (Wildman–Crippen LogP) is 2.89. The van der Waals surface area contributed by atoms with Crippen LogP contribution in [0.25, 0.3) is 0 Å². The second kappa shape index (κ2) is 20.5. The fraction of sp³-hybridized carbons (Fsp3) is 0.900. The standard InChI is InChI=1S/C9H16F3NO3.C8H16O4.C3H8/c1-15-5-3-13(4-6-16-2)8(14)9(11,12)7-10;1-4-8(5-11-2,6-12-3)7(9)10;1-3-2/h3-7H2,1-2H3;4-6H2,1-3H3,(H,9,10);3H2,1-2H3. The third kappa shape index (κ3) is 15.1. The molecule has 0 radical (unpaired) electrons. The largest absolute Gasteiger partial charge is 0.481 e. The number of ether oxygens (including phenoxy) is 4. The molecule has 0 unspecified atom stereocenters. The zero-order chi connectivity index (χ0) is 24.9. The van der Waals surface area contributed by atoms with Crippen molar-refractivity contribution in [2.45, 2.75) is 39.5 Å². The number of carboxylic acids is 1. The van der Waals surface area contributed by atoms with E-state index in [0.717, 1.165) is 4.90 Å². The van der Waals surface area contributed by atoms with Crippen LogP contribution in [-0.2, 0) is 28.5 Å². The molecule has 0 rings (SSSR count). The highest BCUT2D eigenvalue weighted by Crippen LogP contribution is 2.22. The van der Waals surface area contributed by atoms with Gasteiger partial charge in [0.15, 0.2) is 6.67 Å². The molecule has 8 nitrogen and oxygen atoms in total. The molecule has 0 spiro atoms. The van der Waals surface area contributed by atoms with Crippen LogP contribution in [0, 0.1) is 5.41 Å². The van der Waals surface area contributed by atoms with Gasteiger partial charge in [-0.3, -0.25) is 9.59 Å². The zero-order valence-corrected chi connectivity index (χ0v) is 19.8. The number of amides is 1. The summed E-state index contributed by atoms with van der Waals surface area (Å²) in [6.07, 6.45) is 1.75. The van der Waals surface area contributed by atoms with E-state index in [1.165, 1.54) is 34.9 Å². The fourth-order valence-electron chi connectivity index (χ4n) is 2.08. The van der Waals surface area contributed by atoms with Crippen molar-refractivity contribution in [2.75, 3.05) is 74.6 Å². The van der Waals surface area contributed by atoms with Crippen LogP contribution in [0.2, 0.25) is 0 Å². The molecule has 188 valence electrons. The van der Waals surface area contributed by atoms with E-state index < -0.39 is 29.9 Å². The van der Waals surface area contributed by atoms with Gasteiger partial charge in [0, 0.05) is 41.5 Å². The quantitative estimate of drug-likeness (QED) is 0.423. The van der Waals surface area contributed by atoms with Crippen molar-refractivity contribution in [3.63, 3.8) is 0 Å². The van der Waals surface area contributed by atoms with Crippen LogP contribution < -0.4 is 0 Å². The number of nitrogens with zero attached hydrogens (tertiary/aromatic N) is 1. The minimum atomic E-state index is -3.97. The van der Waals surface area contributed by atoms with Gasteiger partial charge in [0.2, 0.25) is 0 Å². The molecule has 11 heteroatoms. The van der Waals surface area contributed by atoms with Gasteiger partial charge in [-0.25, -0.2) is 4.39 Å². The Hall–Kier alpha value is -1.43. The molecule has 0 aromatic carbocycles. The van der Waals surface area contributed by atoms with E-state index in [1.807, 2.05) is 6.92 Å². The Morgan fingerprint density at radius 3 is 1.48 bits per heavy atom. The van der Waals surface area contributed by atoms with Crippen molar-refractivity contribution in [3.05, 3.63) is 0 Å². The predicted molar refractivity (Wildman–Crippen MR) is 111 cm³/mol. The molecule has 0 aromatic heterocycles. The van der Waals surface area contributed by atoms with Crippen molar-refractivity contribution in [1.82, 2.24) is 4.90 Å². The molecule has 1 N–H and O–H groups in total. The van der Waals surface area contributed by atoms with Crippen molar-refractivity contribution in [2.24, 2.45) is 5.41 Å². The van der Waals surface area contributed by atoms with Gasteiger partial charge >= 0.3 is 11.9 Å². The summed E-state index contributed by atoms with van der Waals surface area (Å²) in [6, 6.07) is 0. The topological polar surface area (TPSA) is 94.5 Å². The zero-order valence-electron chi connectivity index (χ0n) is 19.8. The van der Waals surface area contributed by atoms with Gasteiger partial charge in [-0.1, -0.05) is 27.2 Å². The third-order valence-corrected chi connectivity index (χ3v) is 3.87. The Balaban J connectivity index is -0.000000462. The third-order valence-electron chi connectivity index (χ3n) is 3.87. The summed E-state index contributed by atoms with van der Waals surface area (Å²) in [5, 5.41) is 8.93. The van der Waals surface area contributed by atoms with E-state index in [-0.39, 0.29) is 39.5 Å². The van der Waals surface area contributed by atoms with Gasteiger partial charge < -0.3 is 29.0 Å². The number of carbonyl (C=O) groups is 2. The molecule has 0 bridgehead atoms. The van der Waals surface area contributed by atoms with Gasteiger partial charge in [-0.05, 0) is 6.42 Å². The van der Waals surface area contributed by atoms with Gasteiger partial charge in [-0.2, -0.15) is 8.78 Å². The van der Waals surface area contributed by atoms with E-state index in [9.17, 15) is 22.8 Å². The van der Waals surface area contributed by atoms with Crippen LogP contribution in [0.1, 0.15) is 33.6 Å². The van der Waals surface area contributed by atoms with Gasteiger partial charge in [0.1, 0.15) is 5.41 Å². The fourth-order valence-corrected chi connectivity index (χ4v) is 2.08. The summed E-state index contributed by atoms with van der Waals surface area (Å²) < 4.78 is 56.6. The molecule has 0 heterocycles. The Labute approximate surface area is 184 Å². The summed E-state index contributed by atoms with van der Waals surface area (Å²) in [5.41, 5.74) is -0.885. The van der Waals surface area contributed by atoms with Crippen LogP contribution in [0.4, 0.5) is 13.2 Å². The maximum absolute atomic E-state index is 12.8. The van der Waals surface area contributed by atoms with Crippen LogP contribution in [0.3, 0.4) is 0 Å². The Morgan fingerprint density at radius 1 is 0.871 bits per heavy atom. The summed E-state index contributed by atoms with van der Waals surface area (Å²) in [5.74, 6) is -6.38. The Morgan fingerprint density at radius 2 is 1.26 bits per heavy atom. The lowest BCUT2D eigenvalue weighted by Gasteiger charge is -2.25. The number of aliphatic carboxylic acids is 1. The highest BCUT2D eigenvalue weighted by atomic mass is 19.3. The lowest BCUT2D eigenvalue weighted by Crippen LogP contribution is -2.47. The van der Waals surface area contributed by atoms with Crippen molar-refractivity contribution < 1.29 is 46.8 Å². The summed E-state index contributed by atoms with van der Waals surface area (Å²) >= 11 is 0. The molecule has 0 fully saturated rings. The van der Waals surface area contributed by atoms with E-state index in [0.29, 0.717) is 6.42 Å². The molecule has 31 heavy (non-hydrogen) atoms. The Bertz CT molecular complexity index is 440. The SMILES string of the molecule is CCC.CCC(COC)(COC)C(=O)O.COCCN(CCOC)C(=O)C(F)(F)CF. The lowest BCUT2D eigenvalue weighted by molar-refractivity contribution is -0.160. The first-order chi connectivity index (χ1) is 14.5. The van der Waals surface area contributed by atoms with E-state index in [4.69, 9.17) is 14.6 Å². The molecule has 0 aromatic rings. The minimum absolute atomic E-state index is 0.0196. The number of hydrogen-bond acceptors (Lipinski definition) is 6. The monoisotopic (exact) mass is 463 g/mol. The van der Waals surface area contributed by atoms with Crippen LogP contribution in [-0.4, -0.2) is 102 Å². The number of carbonyl (C=O) groups excluding carboxylic acids is 1. The molecule has 1 amide bonds. The first kappa shape index (κ1) is 34.2. The molecule has 0 aliphatic carbocycles. The summed E-state index contributed by atoms with van der Waals surface area (Å²) in [6.45, 7) is 4.62. The van der Waals surface area contributed by atoms with Gasteiger partial charge in [-0.15, -0.1) is 0 Å². The van der Waals surface area contributed by atoms with Crippen LogP contribution in [0.5, 0.6) is 0 Å². The highest BCUT2D eigenvalue weighted by Gasteiger charge is 2.42. The van der Waals surface area contributed by atoms with Crippen molar-refractivity contribution in [1.29, 1.82) is 0 Å². The second-order valence-corrected chi connectivity index (χ2v) is 6.63. The van der Waals surface area contributed by atoms with E-state index in [1.54, 1.807) is 0 Å². The number of carboxylic acid groups (broad SMARTS) is 1. The first-order valence-corrected chi connectivity index (χ1v) is 9.96. The molecular weight excluding hydrogens is 423 g/mol. The molecule has 0 aliphatic heterocycles. The number of halogens is 3. The van der Waals surface area contributed by atoms with Crippen LogP contribution in [0.15, 0.2) is 0 Å². The van der Waals surface area contributed by atoms with E-state index >= 15 is 0 Å². The van der Waals surface area contributed by atoms with E-state index in [2.05, 4.69) is 23.3 Å². The first-order valence-electron chi connectivity index (χ1n) is 9.96. The maximum atomic E-state index is 12.8. The lowest BCUT2D eigenvalue weighted by atomic mass is 9.87. The van der Waals surface area contributed by atoms with Crippen molar-refractivity contribution >= 4 is 11.9 Å². The molecule has 0 saturated carbocycles. The number of methoxy groups -OCH3 is 4. The highest BCUT2D eigenvalue weighted by molar-refractivity contribution is 5.83. The summed E-state index contributed by atoms with van der Waals surface area (Å²) in [7, 11) is 5.74. The van der Waals surface area contributed by atoms with Crippen LogP contribution >= 0.6 is 0 Å². The number of hydrogen-bond donors (Lipinski definition) is 1. The Kier molecular flexibility index (Phi) is 22.6. The smallest absolute Gasteiger partial charge is 0.352 e. The normalized spacial score (nSPS) is 11.0. The average molecular weight is 464 g/mol. The number of alkyl halides is 3. The molecule has 0 saturated heterocycles. The van der Waals surface area contributed by atoms with Crippen molar-refractivity contribution in [3.8, 4) is 0 Å². The second-order valence-electron chi connectivity index (χ2n) is 6.63. The molecule has 0 atom stereocenters. The molecule has 0 aliphatic rings. The van der Waals surface area contributed by atoms with Gasteiger partial charge in [0.25, 0.3) is 5.91 Å². The summed E-state index contributed by atoms with van der Waals surface area (Å²) in [4.78, 5) is 22.9.